The van der Waals surface area contributed by atoms with Crippen LogP contribution in [-0.4, -0.2) is 37.9 Å². The van der Waals surface area contributed by atoms with E-state index in [0.29, 0.717) is 5.56 Å². The molecule has 0 aromatic heterocycles. The number of benzene rings is 2. The molecule has 5 heteroatoms. The van der Waals surface area contributed by atoms with E-state index in [-0.39, 0.29) is 11.9 Å². The van der Waals surface area contributed by atoms with Crippen LogP contribution in [0.2, 0.25) is 0 Å². The van der Waals surface area contributed by atoms with Gasteiger partial charge in [-0.1, -0.05) is 48.0 Å². The van der Waals surface area contributed by atoms with Crippen molar-refractivity contribution in [3.8, 4) is 0 Å². The predicted molar refractivity (Wildman–Crippen MR) is 102 cm³/mol. The monoisotopic (exact) mass is 352 g/mol. The first kappa shape index (κ1) is 18.3. The van der Waals surface area contributed by atoms with Gasteiger partial charge in [-0.2, -0.15) is 5.10 Å². The summed E-state index contributed by atoms with van der Waals surface area (Å²) < 4.78 is 5.50. The molecule has 5 nitrogen and oxygen atoms in total. The summed E-state index contributed by atoms with van der Waals surface area (Å²) in [5.74, 6) is -0.187. The van der Waals surface area contributed by atoms with Crippen molar-refractivity contribution in [2.24, 2.45) is 5.10 Å². The second-order valence-electron chi connectivity index (χ2n) is 6.67. The summed E-state index contributed by atoms with van der Waals surface area (Å²) in [5, 5.41) is 4.43. The van der Waals surface area contributed by atoms with Gasteiger partial charge in [-0.15, -0.1) is 0 Å². The van der Waals surface area contributed by atoms with E-state index in [4.69, 9.17) is 4.74 Å². The topological polar surface area (TPSA) is 55.1 Å². The molecule has 1 aliphatic heterocycles. The van der Waals surface area contributed by atoms with Crippen molar-refractivity contribution >= 4 is 11.6 Å². The molecule has 26 heavy (non-hydrogen) atoms. The summed E-state index contributed by atoms with van der Waals surface area (Å²) in [7, 11) is 0. The van der Waals surface area contributed by atoms with E-state index < -0.39 is 0 Å². The molecule has 0 saturated carbocycles. The molecule has 1 aliphatic rings. The van der Waals surface area contributed by atoms with Gasteiger partial charge < -0.3 is 9.64 Å². The number of morpholine rings is 1. The van der Waals surface area contributed by atoms with Gasteiger partial charge in [0.2, 0.25) is 0 Å². The summed E-state index contributed by atoms with van der Waals surface area (Å²) in [5.41, 5.74) is 6.55. The fourth-order valence-electron chi connectivity index (χ4n) is 3.31. The largest absolute Gasteiger partial charge is 0.370 e. The molecule has 3 rings (SSSR count). The van der Waals surface area contributed by atoms with Crippen molar-refractivity contribution in [3.05, 3.63) is 71.3 Å². The van der Waals surface area contributed by atoms with Crippen LogP contribution in [0.15, 0.2) is 59.7 Å². The van der Waals surface area contributed by atoms with Gasteiger partial charge >= 0.3 is 0 Å². The van der Waals surface area contributed by atoms with Gasteiger partial charge in [0.1, 0.15) is 13.1 Å². The van der Waals surface area contributed by atoms with E-state index >= 15 is 0 Å². The van der Waals surface area contributed by atoms with E-state index in [9.17, 15) is 4.79 Å². The zero-order chi connectivity index (χ0) is 18.4. The molecule has 0 radical (unpaired) electrons. The third-order valence-corrected chi connectivity index (χ3v) is 4.74. The third kappa shape index (κ3) is 4.56. The molecule has 1 atom stereocenters. The molecular weight excluding hydrogens is 326 g/mol. The second-order valence-corrected chi connectivity index (χ2v) is 6.67. The van der Waals surface area contributed by atoms with Crippen LogP contribution in [0.25, 0.3) is 0 Å². The van der Waals surface area contributed by atoms with E-state index in [1.54, 1.807) is 0 Å². The molecule has 2 N–H and O–H groups in total. The Balaban J connectivity index is 1.77. The molecule has 1 fully saturated rings. The fourth-order valence-corrected chi connectivity index (χ4v) is 3.31. The zero-order valence-electron chi connectivity index (χ0n) is 15.4. The number of carbonyl (C=O) groups is 1. The summed E-state index contributed by atoms with van der Waals surface area (Å²) >= 11 is 0. The first-order chi connectivity index (χ1) is 12.6. The fraction of sp³-hybridized carbons (Fsp3) is 0.333. The van der Waals surface area contributed by atoms with Crippen LogP contribution in [-0.2, 0) is 4.74 Å². The van der Waals surface area contributed by atoms with Gasteiger partial charge in [-0.25, -0.2) is 5.43 Å². The number of carbonyl (C=O) groups excluding carboxylic acids is 1. The maximum absolute atomic E-state index is 12.4. The number of ether oxygens (including phenoxy) is 1. The highest BCUT2D eigenvalue weighted by molar-refractivity contribution is 5.95. The molecule has 0 bridgehead atoms. The molecule has 136 valence electrons. The number of hydrazone groups is 1. The summed E-state index contributed by atoms with van der Waals surface area (Å²) in [6.45, 7) is 7.34. The molecule has 0 aliphatic carbocycles. The number of nitrogens with one attached hydrogen (secondary N) is 2. The standard InChI is InChI=1S/C21H25N3O2/c1-16-8-10-19(11-9-16)21(25)23-22-17(2)20(18-6-4-3-5-7-18)24-12-14-26-15-13-24/h3-11,20H,12-15H2,1-2H3,(H,23,25)/p+1/b22-17-/t20-/m1/s1. The lowest BCUT2D eigenvalue weighted by Gasteiger charge is -2.31. The zero-order valence-corrected chi connectivity index (χ0v) is 15.4. The smallest absolute Gasteiger partial charge is 0.271 e. The average molecular weight is 352 g/mol. The lowest BCUT2D eigenvalue weighted by Crippen LogP contribution is -3.15. The third-order valence-electron chi connectivity index (χ3n) is 4.74. The predicted octanol–water partition coefficient (Wildman–Crippen LogP) is 1.76. The Bertz CT molecular complexity index is 751. The average Bonchev–Trinajstić information content (AvgIpc) is 2.68. The second kappa shape index (κ2) is 8.74. The van der Waals surface area contributed by atoms with Crippen molar-refractivity contribution in [2.45, 2.75) is 19.9 Å². The van der Waals surface area contributed by atoms with Gasteiger partial charge in [0.05, 0.1) is 18.9 Å². The van der Waals surface area contributed by atoms with Crippen LogP contribution in [0.5, 0.6) is 0 Å². The minimum atomic E-state index is -0.187. The maximum atomic E-state index is 12.4. The maximum Gasteiger partial charge on any atom is 0.271 e. The van der Waals surface area contributed by atoms with Crippen LogP contribution in [0, 0.1) is 6.92 Å². The van der Waals surface area contributed by atoms with Crippen molar-refractivity contribution in [1.82, 2.24) is 5.43 Å². The Hall–Kier alpha value is -2.50. The number of nitrogens with zero attached hydrogens (tertiary/aromatic N) is 1. The summed E-state index contributed by atoms with van der Waals surface area (Å²) in [6.07, 6.45) is 0. The van der Waals surface area contributed by atoms with Crippen LogP contribution in [0.1, 0.15) is 34.5 Å². The Kier molecular flexibility index (Phi) is 6.15. The molecule has 1 heterocycles. The number of hydrogen-bond donors (Lipinski definition) is 2. The lowest BCUT2D eigenvalue weighted by atomic mass is 10.0. The van der Waals surface area contributed by atoms with Crippen molar-refractivity contribution in [1.29, 1.82) is 0 Å². The van der Waals surface area contributed by atoms with Crippen molar-refractivity contribution < 1.29 is 14.4 Å². The molecule has 2 aromatic rings. The number of quaternary nitrogens is 1. The van der Waals surface area contributed by atoms with Gasteiger partial charge in [0.15, 0.2) is 6.04 Å². The van der Waals surface area contributed by atoms with E-state index in [1.165, 1.54) is 10.5 Å². The highest BCUT2D eigenvalue weighted by atomic mass is 16.5. The number of hydrogen-bond acceptors (Lipinski definition) is 3. The van der Waals surface area contributed by atoms with Gasteiger partial charge in [0, 0.05) is 11.1 Å². The van der Waals surface area contributed by atoms with E-state index in [1.807, 2.05) is 56.3 Å². The van der Waals surface area contributed by atoms with Crippen LogP contribution in [0.4, 0.5) is 0 Å². The number of aryl methyl sites for hydroxylation is 1. The Morgan fingerprint density at radius 2 is 1.73 bits per heavy atom. The van der Waals surface area contributed by atoms with Crippen LogP contribution in [0.3, 0.4) is 0 Å². The van der Waals surface area contributed by atoms with E-state index in [2.05, 4.69) is 22.7 Å². The van der Waals surface area contributed by atoms with Gasteiger partial charge in [-0.05, 0) is 26.0 Å². The number of rotatable bonds is 5. The molecular formula is C21H26N3O2+. The summed E-state index contributed by atoms with van der Waals surface area (Å²) in [6, 6.07) is 17.9. The molecule has 1 amide bonds. The number of amides is 1. The molecule has 1 saturated heterocycles. The minimum Gasteiger partial charge on any atom is -0.370 e. The Labute approximate surface area is 154 Å². The highest BCUT2D eigenvalue weighted by Gasteiger charge is 2.29. The first-order valence-corrected chi connectivity index (χ1v) is 9.03. The van der Waals surface area contributed by atoms with Crippen LogP contribution < -0.4 is 10.3 Å². The van der Waals surface area contributed by atoms with Gasteiger partial charge in [0.25, 0.3) is 5.91 Å². The Morgan fingerprint density at radius 1 is 1.08 bits per heavy atom. The molecule has 0 spiro atoms. The molecule has 2 aromatic carbocycles. The van der Waals surface area contributed by atoms with Crippen molar-refractivity contribution in [3.63, 3.8) is 0 Å². The molecule has 0 unspecified atom stereocenters. The quantitative estimate of drug-likeness (QED) is 0.636. The summed E-state index contributed by atoms with van der Waals surface area (Å²) in [4.78, 5) is 13.8. The SMILES string of the molecule is C/C(=N/NC(=O)c1ccc(C)cc1)[C@H](c1ccccc1)[NH+]1CCOCC1. The minimum absolute atomic E-state index is 0.110. The van der Waals surface area contributed by atoms with Gasteiger partial charge in [-0.3, -0.25) is 4.79 Å². The lowest BCUT2D eigenvalue weighted by molar-refractivity contribution is -0.928. The first-order valence-electron chi connectivity index (χ1n) is 9.03. The highest BCUT2D eigenvalue weighted by Crippen LogP contribution is 2.12. The van der Waals surface area contributed by atoms with Crippen molar-refractivity contribution in [2.75, 3.05) is 26.3 Å². The van der Waals surface area contributed by atoms with Crippen LogP contribution >= 0.6 is 0 Å². The van der Waals surface area contributed by atoms with E-state index in [0.717, 1.165) is 37.6 Å². The normalized spacial score (nSPS) is 16.9. The Morgan fingerprint density at radius 3 is 2.38 bits per heavy atom.